The molecule has 4 heteroatoms. The molecular weight excluding hydrogens is 336 g/mol. The maximum atomic E-state index is 13.0. The van der Waals surface area contributed by atoms with Gasteiger partial charge in [0.25, 0.3) is 0 Å². The molecule has 3 aliphatic rings. The van der Waals surface area contributed by atoms with E-state index in [4.69, 9.17) is 0 Å². The van der Waals surface area contributed by atoms with Gasteiger partial charge >= 0.3 is 0 Å². The lowest BCUT2D eigenvalue weighted by Gasteiger charge is -2.31. The van der Waals surface area contributed by atoms with Crippen LogP contribution in [0.1, 0.15) is 69.8 Å². The van der Waals surface area contributed by atoms with Crippen LogP contribution in [0.5, 0.6) is 0 Å². The van der Waals surface area contributed by atoms with Crippen molar-refractivity contribution in [2.75, 3.05) is 11.4 Å². The van der Waals surface area contributed by atoms with E-state index in [1.165, 1.54) is 31.2 Å². The van der Waals surface area contributed by atoms with Crippen LogP contribution < -0.4 is 10.2 Å². The van der Waals surface area contributed by atoms with E-state index < -0.39 is 0 Å². The fourth-order valence-electron chi connectivity index (χ4n) is 5.13. The number of carbonyl (C=O) groups is 2. The summed E-state index contributed by atoms with van der Waals surface area (Å²) in [5.74, 6) is 0.683. The summed E-state index contributed by atoms with van der Waals surface area (Å²) in [5.41, 5.74) is 2.37. The van der Waals surface area contributed by atoms with E-state index in [-0.39, 0.29) is 23.7 Å². The van der Waals surface area contributed by atoms with Gasteiger partial charge in [-0.1, -0.05) is 43.9 Å². The van der Waals surface area contributed by atoms with Gasteiger partial charge in [0.2, 0.25) is 11.8 Å². The highest BCUT2D eigenvalue weighted by Gasteiger charge is 2.35. The lowest BCUT2D eigenvalue weighted by atomic mass is 9.80. The predicted octanol–water partition coefficient (Wildman–Crippen LogP) is 4.22. The molecule has 0 bridgehead atoms. The highest BCUT2D eigenvalue weighted by Crippen LogP contribution is 2.34. The number of amides is 2. The summed E-state index contributed by atoms with van der Waals surface area (Å²) in [5, 5.41) is 3.31. The van der Waals surface area contributed by atoms with Gasteiger partial charge in [-0.15, -0.1) is 0 Å². The van der Waals surface area contributed by atoms with Gasteiger partial charge in [-0.25, -0.2) is 0 Å². The maximum absolute atomic E-state index is 13.0. The molecule has 0 atom stereocenters. The molecule has 1 aromatic rings. The Morgan fingerprint density at radius 1 is 0.852 bits per heavy atom. The summed E-state index contributed by atoms with van der Waals surface area (Å²) >= 11 is 0. The average Bonchev–Trinajstić information content (AvgIpc) is 2.97. The Balaban J connectivity index is 1.28. The van der Waals surface area contributed by atoms with E-state index in [0.717, 1.165) is 57.2 Å². The molecule has 0 radical (unpaired) electrons. The van der Waals surface area contributed by atoms with E-state index >= 15 is 0 Å². The number of nitrogens with zero attached hydrogens (tertiary/aromatic N) is 1. The number of anilines is 1. The van der Waals surface area contributed by atoms with Crippen LogP contribution in [-0.2, 0) is 16.0 Å². The molecule has 1 heterocycles. The molecule has 2 amide bonds. The van der Waals surface area contributed by atoms with Gasteiger partial charge in [0.05, 0.1) is 0 Å². The molecule has 0 spiro atoms. The largest absolute Gasteiger partial charge is 0.353 e. The van der Waals surface area contributed by atoms with Crippen molar-refractivity contribution in [1.29, 1.82) is 0 Å². The van der Waals surface area contributed by atoms with Crippen molar-refractivity contribution in [2.45, 2.75) is 76.7 Å². The van der Waals surface area contributed by atoms with Gasteiger partial charge in [-0.05, 0) is 56.6 Å². The van der Waals surface area contributed by atoms with Crippen LogP contribution in [0.25, 0.3) is 0 Å². The summed E-state index contributed by atoms with van der Waals surface area (Å²) < 4.78 is 0. The maximum Gasteiger partial charge on any atom is 0.230 e. The second-order valence-corrected chi connectivity index (χ2v) is 8.61. The third kappa shape index (κ3) is 4.20. The SMILES string of the molecule is O=C(NC1CCCCCC1)C1CCC(C(=O)N2CCc3ccccc32)CC1. The van der Waals surface area contributed by atoms with Crippen LogP contribution >= 0.6 is 0 Å². The Kier molecular flexibility index (Phi) is 5.80. The lowest BCUT2D eigenvalue weighted by Crippen LogP contribution is -2.42. The highest BCUT2D eigenvalue weighted by atomic mass is 16.2. The molecular formula is C23H32N2O2. The van der Waals surface area contributed by atoms with Crippen molar-refractivity contribution in [3.8, 4) is 0 Å². The molecule has 146 valence electrons. The molecule has 2 saturated carbocycles. The number of hydrogen-bond donors (Lipinski definition) is 1. The molecule has 1 aromatic carbocycles. The zero-order valence-electron chi connectivity index (χ0n) is 16.3. The number of hydrogen-bond acceptors (Lipinski definition) is 2. The first-order valence-electron chi connectivity index (χ1n) is 10.9. The van der Waals surface area contributed by atoms with Crippen LogP contribution in [0.4, 0.5) is 5.69 Å². The van der Waals surface area contributed by atoms with Crippen LogP contribution in [0.2, 0.25) is 0 Å². The highest BCUT2D eigenvalue weighted by molar-refractivity contribution is 5.97. The quantitative estimate of drug-likeness (QED) is 0.812. The molecule has 2 aliphatic carbocycles. The van der Waals surface area contributed by atoms with E-state index in [2.05, 4.69) is 17.4 Å². The second-order valence-electron chi connectivity index (χ2n) is 8.61. The summed E-state index contributed by atoms with van der Waals surface area (Å²) in [4.78, 5) is 27.7. The van der Waals surface area contributed by atoms with Crippen molar-refractivity contribution in [3.05, 3.63) is 29.8 Å². The Hall–Kier alpha value is -1.84. The number of carbonyl (C=O) groups excluding carboxylic acids is 2. The third-order valence-electron chi connectivity index (χ3n) is 6.80. The monoisotopic (exact) mass is 368 g/mol. The van der Waals surface area contributed by atoms with Crippen LogP contribution in [0.3, 0.4) is 0 Å². The van der Waals surface area contributed by atoms with E-state index in [1.54, 1.807) is 0 Å². The Morgan fingerprint density at radius 3 is 2.26 bits per heavy atom. The van der Waals surface area contributed by atoms with Crippen molar-refractivity contribution >= 4 is 17.5 Å². The summed E-state index contributed by atoms with van der Waals surface area (Å²) in [6.07, 6.45) is 11.7. The van der Waals surface area contributed by atoms with Crippen molar-refractivity contribution in [3.63, 3.8) is 0 Å². The molecule has 0 aromatic heterocycles. The predicted molar refractivity (Wildman–Crippen MR) is 108 cm³/mol. The Morgan fingerprint density at radius 2 is 1.52 bits per heavy atom. The first-order chi connectivity index (χ1) is 13.2. The first kappa shape index (κ1) is 18.5. The fourth-order valence-corrected chi connectivity index (χ4v) is 5.13. The van der Waals surface area contributed by atoms with Crippen molar-refractivity contribution in [1.82, 2.24) is 5.32 Å². The molecule has 4 nitrogen and oxygen atoms in total. The van der Waals surface area contributed by atoms with Gasteiger partial charge in [-0.2, -0.15) is 0 Å². The Bertz CT molecular complexity index is 671. The number of nitrogens with one attached hydrogen (secondary N) is 1. The molecule has 0 saturated heterocycles. The molecule has 4 rings (SSSR count). The smallest absolute Gasteiger partial charge is 0.230 e. The second kappa shape index (κ2) is 8.45. The van der Waals surface area contributed by atoms with Gasteiger partial charge < -0.3 is 10.2 Å². The minimum atomic E-state index is 0.0816. The molecule has 1 N–H and O–H groups in total. The minimum absolute atomic E-state index is 0.0816. The summed E-state index contributed by atoms with van der Waals surface area (Å²) in [7, 11) is 0. The minimum Gasteiger partial charge on any atom is -0.353 e. The van der Waals surface area contributed by atoms with Crippen LogP contribution in [0.15, 0.2) is 24.3 Å². The fraction of sp³-hybridized carbons (Fsp3) is 0.652. The standard InChI is InChI=1S/C23H32N2O2/c26-22(24-20-8-3-1-2-4-9-20)18-11-13-19(14-12-18)23(27)25-16-15-17-7-5-6-10-21(17)25/h5-7,10,18-20H,1-4,8-9,11-16H2,(H,24,26). The van der Waals surface area contributed by atoms with Gasteiger partial charge in [-0.3, -0.25) is 9.59 Å². The van der Waals surface area contributed by atoms with Crippen LogP contribution in [0, 0.1) is 11.8 Å². The number of fused-ring (bicyclic) bond motifs is 1. The number of benzene rings is 1. The van der Waals surface area contributed by atoms with E-state index in [0.29, 0.717) is 6.04 Å². The van der Waals surface area contributed by atoms with Crippen molar-refractivity contribution < 1.29 is 9.59 Å². The van der Waals surface area contributed by atoms with Gasteiger partial charge in [0.1, 0.15) is 0 Å². The molecule has 0 unspecified atom stereocenters. The van der Waals surface area contributed by atoms with Crippen LogP contribution in [-0.4, -0.2) is 24.4 Å². The molecule has 1 aliphatic heterocycles. The van der Waals surface area contributed by atoms with Gasteiger partial charge in [0.15, 0.2) is 0 Å². The summed E-state index contributed by atoms with van der Waals surface area (Å²) in [6, 6.07) is 8.62. The molecule has 27 heavy (non-hydrogen) atoms. The van der Waals surface area contributed by atoms with Gasteiger partial charge in [0, 0.05) is 30.1 Å². The average molecular weight is 369 g/mol. The first-order valence-corrected chi connectivity index (χ1v) is 10.9. The summed E-state index contributed by atoms with van der Waals surface area (Å²) in [6.45, 7) is 0.806. The lowest BCUT2D eigenvalue weighted by molar-refractivity contribution is -0.129. The third-order valence-corrected chi connectivity index (χ3v) is 6.80. The van der Waals surface area contributed by atoms with E-state index in [1.807, 2.05) is 17.0 Å². The topological polar surface area (TPSA) is 49.4 Å². The molecule has 2 fully saturated rings. The zero-order chi connectivity index (χ0) is 18.6. The Labute approximate surface area is 162 Å². The zero-order valence-corrected chi connectivity index (χ0v) is 16.3. The number of para-hydroxylation sites is 1. The number of rotatable bonds is 3. The normalized spacial score (nSPS) is 26.3. The van der Waals surface area contributed by atoms with Crippen molar-refractivity contribution in [2.24, 2.45) is 11.8 Å². The van der Waals surface area contributed by atoms with E-state index in [9.17, 15) is 9.59 Å².